The Morgan fingerprint density at radius 2 is 1.88 bits per heavy atom. The van der Waals surface area contributed by atoms with Gasteiger partial charge in [0.1, 0.15) is 5.75 Å². The van der Waals surface area contributed by atoms with E-state index >= 15 is 0 Å². The molecule has 136 valence electrons. The molecular weight excluding hydrogens is 324 g/mol. The van der Waals surface area contributed by atoms with Gasteiger partial charge in [0.15, 0.2) is 0 Å². The highest BCUT2D eigenvalue weighted by molar-refractivity contribution is 5.78. The summed E-state index contributed by atoms with van der Waals surface area (Å²) in [6.45, 7) is 2.81. The molecule has 26 heavy (non-hydrogen) atoms. The third-order valence-corrected chi connectivity index (χ3v) is 4.71. The topological polar surface area (TPSA) is 41.6 Å². The van der Waals surface area contributed by atoms with Crippen LogP contribution in [0.25, 0.3) is 5.57 Å². The van der Waals surface area contributed by atoms with Gasteiger partial charge in [-0.2, -0.15) is 0 Å². The first-order valence-electron chi connectivity index (χ1n) is 9.11. The average Bonchev–Trinajstić information content (AvgIpc) is 2.69. The fourth-order valence-corrected chi connectivity index (χ4v) is 3.27. The molecule has 0 saturated carbocycles. The number of benzene rings is 2. The lowest BCUT2D eigenvalue weighted by Gasteiger charge is -2.25. The maximum atomic E-state index is 12.2. The number of nitrogens with one attached hydrogen (secondary N) is 1. The molecule has 1 heterocycles. The first-order valence-corrected chi connectivity index (χ1v) is 9.11. The fraction of sp³-hybridized carbons (Fsp3) is 0.318. The molecule has 3 rings (SSSR count). The molecule has 0 atom stereocenters. The van der Waals surface area contributed by atoms with Crippen LogP contribution in [0.2, 0.25) is 0 Å². The van der Waals surface area contributed by atoms with Gasteiger partial charge in [0.2, 0.25) is 5.91 Å². The van der Waals surface area contributed by atoms with Crippen molar-refractivity contribution in [1.82, 2.24) is 10.2 Å². The number of hydrogen-bond donors (Lipinski definition) is 1. The van der Waals surface area contributed by atoms with Crippen LogP contribution in [0.3, 0.4) is 0 Å². The minimum Gasteiger partial charge on any atom is -0.496 e. The summed E-state index contributed by atoms with van der Waals surface area (Å²) in [5, 5.41) is 3.02. The lowest BCUT2D eigenvalue weighted by molar-refractivity contribution is -0.122. The Kier molecular flexibility index (Phi) is 6.45. The Morgan fingerprint density at radius 1 is 1.12 bits per heavy atom. The highest BCUT2D eigenvalue weighted by Gasteiger charge is 2.15. The third-order valence-electron chi connectivity index (χ3n) is 4.71. The monoisotopic (exact) mass is 350 g/mol. The second kappa shape index (κ2) is 9.20. The van der Waals surface area contributed by atoms with Gasteiger partial charge in [-0.05, 0) is 35.6 Å². The Morgan fingerprint density at radius 3 is 2.62 bits per heavy atom. The van der Waals surface area contributed by atoms with Crippen molar-refractivity contribution in [3.8, 4) is 5.75 Å². The van der Waals surface area contributed by atoms with Crippen LogP contribution in [-0.2, 0) is 11.2 Å². The van der Waals surface area contributed by atoms with Crippen LogP contribution in [0.5, 0.6) is 5.75 Å². The van der Waals surface area contributed by atoms with Crippen LogP contribution in [0.1, 0.15) is 17.5 Å². The summed E-state index contributed by atoms with van der Waals surface area (Å²) in [7, 11) is 1.67. The Bertz CT molecular complexity index is 756. The summed E-state index contributed by atoms with van der Waals surface area (Å²) < 4.78 is 5.34. The zero-order chi connectivity index (χ0) is 18.2. The quantitative estimate of drug-likeness (QED) is 0.834. The van der Waals surface area contributed by atoms with Gasteiger partial charge >= 0.3 is 0 Å². The van der Waals surface area contributed by atoms with E-state index in [9.17, 15) is 4.79 Å². The molecule has 0 aliphatic carbocycles. The van der Waals surface area contributed by atoms with Crippen LogP contribution >= 0.6 is 0 Å². The molecule has 1 N–H and O–H groups in total. The summed E-state index contributed by atoms with van der Waals surface area (Å²) in [4.78, 5) is 14.4. The number of para-hydroxylation sites is 1. The van der Waals surface area contributed by atoms with E-state index < -0.39 is 0 Å². The van der Waals surface area contributed by atoms with E-state index in [1.54, 1.807) is 7.11 Å². The maximum Gasteiger partial charge on any atom is 0.234 e. The van der Waals surface area contributed by atoms with Gasteiger partial charge in [-0.3, -0.25) is 9.69 Å². The zero-order valence-corrected chi connectivity index (χ0v) is 15.3. The minimum atomic E-state index is 0.0801. The molecule has 0 unspecified atom stereocenters. The molecule has 0 fully saturated rings. The Balaban J connectivity index is 1.42. The van der Waals surface area contributed by atoms with Crippen molar-refractivity contribution in [2.75, 3.05) is 33.3 Å². The molecule has 4 heteroatoms. The van der Waals surface area contributed by atoms with E-state index in [-0.39, 0.29) is 5.91 Å². The molecule has 0 spiro atoms. The van der Waals surface area contributed by atoms with Crippen molar-refractivity contribution in [2.24, 2.45) is 0 Å². The van der Waals surface area contributed by atoms with E-state index in [4.69, 9.17) is 4.74 Å². The molecule has 2 aromatic rings. The predicted octanol–water partition coefficient (Wildman–Crippen LogP) is 3.14. The summed E-state index contributed by atoms with van der Waals surface area (Å²) in [5.74, 6) is 0.952. The smallest absolute Gasteiger partial charge is 0.234 e. The highest BCUT2D eigenvalue weighted by atomic mass is 16.5. The van der Waals surface area contributed by atoms with Gasteiger partial charge in [0, 0.05) is 19.6 Å². The van der Waals surface area contributed by atoms with Crippen molar-refractivity contribution in [3.05, 3.63) is 71.8 Å². The van der Waals surface area contributed by atoms with Crippen molar-refractivity contribution < 1.29 is 9.53 Å². The molecule has 4 nitrogen and oxygen atoms in total. The van der Waals surface area contributed by atoms with Gasteiger partial charge in [-0.1, -0.05) is 54.6 Å². The molecule has 1 aliphatic rings. The molecule has 0 aromatic heterocycles. The molecule has 2 aromatic carbocycles. The third kappa shape index (κ3) is 4.96. The largest absolute Gasteiger partial charge is 0.496 e. The molecule has 0 radical (unpaired) electrons. The highest BCUT2D eigenvalue weighted by Crippen LogP contribution is 2.21. The SMILES string of the molecule is COc1ccccc1CCNC(=O)CN1CC=C(c2ccccc2)CC1. The van der Waals surface area contributed by atoms with Gasteiger partial charge in [0.05, 0.1) is 13.7 Å². The summed E-state index contributed by atoms with van der Waals surface area (Å²) >= 11 is 0. The standard InChI is InChI=1S/C22H26N2O2/c1-26-21-10-6-5-9-20(21)11-14-23-22(25)17-24-15-12-19(13-16-24)18-7-3-2-4-8-18/h2-10,12H,11,13-17H2,1H3,(H,23,25). The number of methoxy groups -OCH3 is 1. The first-order chi connectivity index (χ1) is 12.8. The van der Waals surface area contributed by atoms with Gasteiger partial charge in [-0.15, -0.1) is 0 Å². The lowest BCUT2D eigenvalue weighted by Crippen LogP contribution is -2.39. The number of ether oxygens (including phenoxy) is 1. The molecule has 1 aliphatic heterocycles. The first kappa shape index (κ1) is 18.2. The van der Waals surface area contributed by atoms with E-state index in [1.165, 1.54) is 11.1 Å². The van der Waals surface area contributed by atoms with Crippen molar-refractivity contribution in [2.45, 2.75) is 12.8 Å². The second-order valence-electron chi connectivity index (χ2n) is 6.49. The summed E-state index contributed by atoms with van der Waals surface area (Å²) in [5.41, 5.74) is 3.77. The van der Waals surface area contributed by atoms with Crippen LogP contribution in [0.4, 0.5) is 0 Å². The van der Waals surface area contributed by atoms with E-state index in [2.05, 4.69) is 40.6 Å². The van der Waals surface area contributed by atoms with E-state index in [0.717, 1.165) is 37.2 Å². The number of hydrogen-bond acceptors (Lipinski definition) is 3. The molecular formula is C22H26N2O2. The maximum absolute atomic E-state index is 12.2. The van der Waals surface area contributed by atoms with Gasteiger partial charge in [0.25, 0.3) is 0 Å². The second-order valence-corrected chi connectivity index (χ2v) is 6.49. The average molecular weight is 350 g/mol. The number of amides is 1. The van der Waals surface area contributed by atoms with Crippen molar-refractivity contribution >= 4 is 11.5 Å². The Labute approximate surface area is 155 Å². The fourth-order valence-electron chi connectivity index (χ4n) is 3.27. The molecule has 0 bridgehead atoms. The normalized spacial score (nSPS) is 14.6. The molecule has 0 saturated heterocycles. The summed E-state index contributed by atoms with van der Waals surface area (Å²) in [6, 6.07) is 18.4. The zero-order valence-electron chi connectivity index (χ0n) is 15.3. The van der Waals surface area contributed by atoms with Crippen LogP contribution < -0.4 is 10.1 Å². The van der Waals surface area contributed by atoms with Crippen LogP contribution in [0.15, 0.2) is 60.7 Å². The minimum absolute atomic E-state index is 0.0801. The van der Waals surface area contributed by atoms with Crippen LogP contribution in [-0.4, -0.2) is 44.1 Å². The number of nitrogens with zero attached hydrogens (tertiary/aromatic N) is 1. The van der Waals surface area contributed by atoms with Gasteiger partial charge in [-0.25, -0.2) is 0 Å². The Hall–Kier alpha value is -2.59. The van der Waals surface area contributed by atoms with E-state index in [0.29, 0.717) is 13.1 Å². The number of carbonyl (C=O) groups excluding carboxylic acids is 1. The van der Waals surface area contributed by atoms with Gasteiger partial charge < -0.3 is 10.1 Å². The molecule has 1 amide bonds. The van der Waals surface area contributed by atoms with Crippen molar-refractivity contribution in [3.63, 3.8) is 0 Å². The van der Waals surface area contributed by atoms with Crippen molar-refractivity contribution in [1.29, 1.82) is 0 Å². The number of rotatable bonds is 7. The summed E-state index contributed by atoms with van der Waals surface area (Å²) in [6.07, 6.45) is 3.99. The number of carbonyl (C=O) groups is 1. The van der Waals surface area contributed by atoms with E-state index in [1.807, 2.05) is 30.3 Å². The predicted molar refractivity (Wildman–Crippen MR) is 105 cm³/mol. The van der Waals surface area contributed by atoms with Crippen LogP contribution in [0, 0.1) is 0 Å². The lowest BCUT2D eigenvalue weighted by atomic mass is 10.00.